The molecule has 1 aromatic heterocycles. The molecule has 2 rings (SSSR count). The molecule has 0 aliphatic carbocycles. The first-order valence-corrected chi connectivity index (χ1v) is 8.27. The van der Waals surface area contributed by atoms with Crippen molar-refractivity contribution < 1.29 is 12.8 Å². The summed E-state index contributed by atoms with van der Waals surface area (Å²) in [5, 5.41) is 0. The molecule has 1 heterocycles. The molecule has 1 atom stereocenters. The van der Waals surface area contributed by atoms with Crippen LogP contribution in [0.5, 0.6) is 0 Å². The van der Waals surface area contributed by atoms with Gasteiger partial charge in [0, 0.05) is 12.5 Å². The van der Waals surface area contributed by atoms with Gasteiger partial charge in [0.2, 0.25) is 10.0 Å². The second-order valence-electron chi connectivity index (χ2n) is 4.86. The molecule has 0 saturated heterocycles. The quantitative estimate of drug-likeness (QED) is 0.852. The molecule has 2 aromatic rings. The number of nitrogens with one attached hydrogen (secondary N) is 1. The molecule has 5 heteroatoms. The predicted octanol–water partition coefficient (Wildman–Crippen LogP) is 2.37. The van der Waals surface area contributed by atoms with Crippen LogP contribution in [0, 0.1) is 0 Å². The van der Waals surface area contributed by atoms with Gasteiger partial charge in [0.25, 0.3) is 0 Å². The van der Waals surface area contributed by atoms with E-state index < -0.39 is 10.0 Å². The zero-order valence-electron chi connectivity index (χ0n) is 11.5. The summed E-state index contributed by atoms with van der Waals surface area (Å²) in [6.45, 7) is 1.84. The van der Waals surface area contributed by atoms with Crippen LogP contribution in [-0.4, -0.2) is 20.2 Å². The average Bonchev–Trinajstić information content (AvgIpc) is 2.90. The summed E-state index contributed by atoms with van der Waals surface area (Å²) in [5.41, 5.74) is 1.02. The smallest absolute Gasteiger partial charge is 0.212 e. The number of benzene rings is 1. The second kappa shape index (κ2) is 6.72. The van der Waals surface area contributed by atoms with Gasteiger partial charge in [-0.1, -0.05) is 30.3 Å². The molecule has 0 radical (unpaired) electrons. The number of furan rings is 1. The molecule has 1 unspecified atom stereocenters. The number of aryl methyl sites for hydroxylation is 1. The van der Waals surface area contributed by atoms with Crippen LogP contribution >= 0.6 is 0 Å². The predicted molar refractivity (Wildman–Crippen MR) is 78.9 cm³/mol. The number of hydrogen-bond acceptors (Lipinski definition) is 3. The second-order valence-corrected chi connectivity index (χ2v) is 6.73. The summed E-state index contributed by atoms with van der Waals surface area (Å²) < 4.78 is 31.9. The van der Waals surface area contributed by atoms with Crippen LogP contribution in [0.25, 0.3) is 0 Å². The Morgan fingerprint density at radius 2 is 1.90 bits per heavy atom. The number of hydrogen-bond donors (Lipinski definition) is 1. The van der Waals surface area contributed by atoms with E-state index in [-0.39, 0.29) is 11.8 Å². The van der Waals surface area contributed by atoms with Gasteiger partial charge in [-0.2, -0.15) is 0 Å². The third kappa shape index (κ3) is 4.83. The van der Waals surface area contributed by atoms with Crippen molar-refractivity contribution in [2.45, 2.75) is 25.8 Å². The van der Waals surface area contributed by atoms with Crippen LogP contribution in [0.4, 0.5) is 0 Å². The summed E-state index contributed by atoms with van der Waals surface area (Å²) in [5.74, 6) is 0.878. The lowest BCUT2D eigenvalue weighted by Crippen LogP contribution is -2.36. The van der Waals surface area contributed by atoms with Gasteiger partial charge in [-0.05, 0) is 31.0 Å². The van der Waals surface area contributed by atoms with Crippen molar-refractivity contribution in [1.29, 1.82) is 0 Å². The van der Waals surface area contributed by atoms with Crippen molar-refractivity contribution in [3.05, 3.63) is 60.1 Å². The van der Waals surface area contributed by atoms with Crippen LogP contribution in [0.15, 0.2) is 53.1 Å². The van der Waals surface area contributed by atoms with Gasteiger partial charge < -0.3 is 4.42 Å². The monoisotopic (exact) mass is 293 g/mol. The largest absolute Gasteiger partial charge is 0.469 e. The molecular weight excluding hydrogens is 274 g/mol. The molecule has 0 amide bonds. The lowest BCUT2D eigenvalue weighted by molar-refractivity contribution is 0.479. The van der Waals surface area contributed by atoms with Crippen LogP contribution in [0.3, 0.4) is 0 Å². The standard InChI is InChI=1S/C15H19NO3S/c1-13(12-15-8-5-10-19-15)16-20(17,18)11-9-14-6-3-2-4-7-14/h2-8,10,13,16H,9,11-12H2,1H3. The molecule has 1 aromatic carbocycles. The van der Waals surface area contributed by atoms with Crippen molar-refractivity contribution in [3.63, 3.8) is 0 Å². The Morgan fingerprint density at radius 1 is 1.15 bits per heavy atom. The Labute approximate surface area is 119 Å². The normalized spacial score (nSPS) is 13.2. The maximum atomic E-state index is 12.0. The molecule has 0 bridgehead atoms. The van der Waals surface area contributed by atoms with Crippen molar-refractivity contribution in [2.24, 2.45) is 0 Å². The third-order valence-electron chi connectivity index (χ3n) is 2.97. The fraction of sp³-hybridized carbons (Fsp3) is 0.333. The summed E-state index contributed by atoms with van der Waals surface area (Å²) in [6.07, 6.45) is 2.66. The van der Waals surface area contributed by atoms with E-state index in [2.05, 4.69) is 4.72 Å². The van der Waals surface area contributed by atoms with Gasteiger partial charge in [0.15, 0.2) is 0 Å². The van der Waals surface area contributed by atoms with Crippen LogP contribution < -0.4 is 4.72 Å². The third-order valence-corrected chi connectivity index (χ3v) is 4.47. The Hall–Kier alpha value is -1.59. The Morgan fingerprint density at radius 3 is 2.55 bits per heavy atom. The summed E-state index contributed by atoms with van der Waals surface area (Å²) in [6, 6.07) is 13.1. The van der Waals surface area contributed by atoms with Gasteiger partial charge in [-0.25, -0.2) is 13.1 Å². The van der Waals surface area contributed by atoms with Gasteiger partial charge in [-0.3, -0.25) is 0 Å². The Kier molecular flexibility index (Phi) is 4.98. The van der Waals surface area contributed by atoms with E-state index in [1.54, 1.807) is 12.3 Å². The summed E-state index contributed by atoms with van der Waals surface area (Å²) in [4.78, 5) is 0. The molecule has 1 N–H and O–H groups in total. The van der Waals surface area contributed by atoms with Gasteiger partial charge in [0.05, 0.1) is 12.0 Å². The molecule has 4 nitrogen and oxygen atoms in total. The highest BCUT2D eigenvalue weighted by molar-refractivity contribution is 7.89. The number of sulfonamides is 1. The van der Waals surface area contributed by atoms with Crippen LogP contribution in [0.2, 0.25) is 0 Å². The van der Waals surface area contributed by atoms with Crippen molar-refractivity contribution in [1.82, 2.24) is 4.72 Å². The first-order chi connectivity index (χ1) is 9.55. The van der Waals surface area contributed by atoms with Crippen LogP contribution in [-0.2, 0) is 22.9 Å². The molecule has 0 saturated carbocycles. The first-order valence-electron chi connectivity index (χ1n) is 6.61. The topological polar surface area (TPSA) is 59.3 Å². The van der Waals surface area contributed by atoms with Crippen molar-refractivity contribution >= 4 is 10.0 Å². The van der Waals surface area contributed by atoms with Crippen LogP contribution in [0.1, 0.15) is 18.2 Å². The Bertz CT molecular complexity index is 606. The lowest BCUT2D eigenvalue weighted by Gasteiger charge is -2.13. The minimum Gasteiger partial charge on any atom is -0.469 e. The molecule has 0 spiro atoms. The van der Waals surface area contributed by atoms with E-state index in [0.717, 1.165) is 11.3 Å². The van der Waals surface area contributed by atoms with Gasteiger partial charge in [-0.15, -0.1) is 0 Å². The minimum atomic E-state index is -3.27. The molecule has 20 heavy (non-hydrogen) atoms. The fourth-order valence-electron chi connectivity index (χ4n) is 2.03. The zero-order valence-corrected chi connectivity index (χ0v) is 12.3. The molecule has 0 aliphatic rings. The van der Waals surface area contributed by atoms with E-state index >= 15 is 0 Å². The minimum absolute atomic E-state index is 0.0967. The van der Waals surface area contributed by atoms with Crippen molar-refractivity contribution in [2.75, 3.05) is 5.75 Å². The van der Waals surface area contributed by atoms with E-state index in [9.17, 15) is 8.42 Å². The Balaban J connectivity index is 1.84. The van der Waals surface area contributed by atoms with Crippen molar-refractivity contribution in [3.8, 4) is 0 Å². The SMILES string of the molecule is CC(Cc1ccco1)NS(=O)(=O)CCc1ccccc1. The fourth-order valence-corrected chi connectivity index (χ4v) is 3.35. The summed E-state index contributed by atoms with van der Waals surface area (Å²) in [7, 11) is -3.27. The molecule has 0 aliphatic heterocycles. The zero-order chi connectivity index (χ0) is 14.4. The van der Waals surface area contributed by atoms with E-state index in [4.69, 9.17) is 4.42 Å². The van der Waals surface area contributed by atoms with Gasteiger partial charge >= 0.3 is 0 Å². The van der Waals surface area contributed by atoms with E-state index in [0.29, 0.717) is 12.8 Å². The van der Waals surface area contributed by atoms with Gasteiger partial charge in [0.1, 0.15) is 5.76 Å². The number of rotatable bonds is 7. The highest BCUT2D eigenvalue weighted by Gasteiger charge is 2.15. The summed E-state index contributed by atoms with van der Waals surface area (Å²) >= 11 is 0. The molecule has 108 valence electrons. The highest BCUT2D eigenvalue weighted by atomic mass is 32.2. The maximum absolute atomic E-state index is 12.0. The highest BCUT2D eigenvalue weighted by Crippen LogP contribution is 2.06. The average molecular weight is 293 g/mol. The molecule has 0 fully saturated rings. The van der Waals surface area contributed by atoms with E-state index in [1.807, 2.05) is 43.3 Å². The van der Waals surface area contributed by atoms with E-state index in [1.165, 1.54) is 0 Å². The maximum Gasteiger partial charge on any atom is 0.212 e. The lowest BCUT2D eigenvalue weighted by atomic mass is 10.2. The first kappa shape index (κ1) is 14.8. The molecular formula is C15H19NO3S.